The van der Waals surface area contributed by atoms with Gasteiger partial charge in [0, 0.05) is 11.1 Å². The number of nitrogens with one attached hydrogen (secondary N) is 3. The summed E-state index contributed by atoms with van der Waals surface area (Å²) in [6.07, 6.45) is 0. The molecule has 0 aliphatic carbocycles. The van der Waals surface area contributed by atoms with Crippen molar-refractivity contribution in [3.8, 4) is 5.75 Å². The van der Waals surface area contributed by atoms with Crippen molar-refractivity contribution in [1.82, 2.24) is 16.2 Å². The monoisotopic (exact) mass is 329 g/mol. The van der Waals surface area contributed by atoms with E-state index in [1.165, 1.54) is 24.3 Å². The van der Waals surface area contributed by atoms with E-state index in [0.717, 1.165) is 5.56 Å². The van der Waals surface area contributed by atoms with E-state index in [2.05, 4.69) is 16.2 Å². The Labute approximate surface area is 138 Å². The predicted octanol–water partition coefficient (Wildman–Crippen LogP) is 1.65. The van der Waals surface area contributed by atoms with Gasteiger partial charge in [-0.1, -0.05) is 18.2 Å². The second-order valence-electron chi connectivity index (χ2n) is 4.72. The molecule has 2 aromatic rings. The zero-order chi connectivity index (χ0) is 16.8. The standard InChI is InChI=1S/C16H15N3O3S/c1-10-4-2-3-5-13(10)15(22)17-16(23)19-18-14(21)11-6-8-12(20)9-7-11/h2-9,20H,1H3,(H,18,21)(H2,17,19,22,23). The summed E-state index contributed by atoms with van der Waals surface area (Å²) in [5.41, 5.74) is 6.47. The number of phenols is 1. The Morgan fingerprint density at radius 1 is 0.957 bits per heavy atom. The highest BCUT2D eigenvalue weighted by molar-refractivity contribution is 7.80. The molecular formula is C16H15N3O3S. The summed E-state index contributed by atoms with van der Waals surface area (Å²) in [5, 5.41) is 11.6. The van der Waals surface area contributed by atoms with E-state index in [9.17, 15) is 14.7 Å². The van der Waals surface area contributed by atoms with E-state index in [1.54, 1.807) is 12.1 Å². The minimum atomic E-state index is -0.447. The van der Waals surface area contributed by atoms with Crippen molar-refractivity contribution in [2.24, 2.45) is 0 Å². The van der Waals surface area contributed by atoms with Crippen LogP contribution in [0, 0.1) is 6.92 Å². The number of amides is 2. The highest BCUT2D eigenvalue weighted by Crippen LogP contribution is 2.09. The van der Waals surface area contributed by atoms with Gasteiger partial charge in [-0.2, -0.15) is 0 Å². The van der Waals surface area contributed by atoms with Crippen LogP contribution in [0.3, 0.4) is 0 Å². The van der Waals surface area contributed by atoms with Gasteiger partial charge in [0.05, 0.1) is 0 Å². The Hall–Kier alpha value is -2.93. The number of carbonyl (C=O) groups excluding carboxylic acids is 2. The summed E-state index contributed by atoms with van der Waals surface area (Å²) in [7, 11) is 0. The van der Waals surface area contributed by atoms with Gasteiger partial charge in [0.2, 0.25) is 0 Å². The van der Waals surface area contributed by atoms with Gasteiger partial charge in [-0.15, -0.1) is 0 Å². The molecule has 0 spiro atoms. The van der Waals surface area contributed by atoms with Gasteiger partial charge in [-0.25, -0.2) is 0 Å². The number of aryl methyl sites for hydroxylation is 1. The van der Waals surface area contributed by atoms with Crippen molar-refractivity contribution in [3.05, 3.63) is 65.2 Å². The Kier molecular flexibility index (Phi) is 5.27. The number of benzene rings is 2. The third-order valence-electron chi connectivity index (χ3n) is 3.04. The predicted molar refractivity (Wildman–Crippen MR) is 90.0 cm³/mol. The molecule has 6 nitrogen and oxygen atoms in total. The summed E-state index contributed by atoms with van der Waals surface area (Å²) < 4.78 is 0. The van der Waals surface area contributed by atoms with E-state index >= 15 is 0 Å². The van der Waals surface area contributed by atoms with Crippen LogP contribution in [0.1, 0.15) is 26.3 Å². The zero-order valence-electron chi connectivity index (χ0n) is 12.3. The number of phenolic OH excluding ortho intramolecular Hbond substituents is 1. The van der Waals surface area contributed by atoms with E-state index in [1.807, 2.05) is 19.1 Å². The first kappa shape index (κ1) is 16.4. The van der Waals surface area contributed by atoms with Gasteiger partial charge in [0.1, 0.15) is 5.75 Å². The molecule has 2 amide bonds. The average molecular weight is 329 g/mol. The Bertz CT molecular complexity index is 744. The van der Waals surface area contributed by atoms with Gasteiger partial charge in [0.15, 0.2) is 5.11 Å². The van der Waals surface area contributed by atoms with E-state index in [-0.39, 0.29) is 16.8 Å². The quantitative estimate of drug-likeness (QED) is 0.497. The minimum absolute atomic E-state index is 0.0228. The van der Waals surface area contributed by atoms with Crippen molar-refractivity contribution < 1.29 is 14.7 Å². The third-order valence-corrected chi connectivity index (χ3v) is 3.24. The molecule has 4 N–H and O–H groups in total. The third kappa shape index (κ3) is 4.52. The van der Waals surface area contributed by atoms with E-state index in [4.69, 9.17) is 12.2 Å². The fourth-order valence-corrected chi connectivity index (χ4v) is 1.97. The SMILES string of the molecule is Cc1ccccc1C(=O)NC(=S)NNC(=O)c1ccc(O)cc1. The van der Waals surface area contributed by atoms with Crippen molar-refractivity contribution >= 4 is 29.1 Å². The normalized spacial score (nSPS) is 9.78. The fraction of sp³-hybridized carbons (Fsp3) is 0.0625. The number of aromatic hydroxyl groups is 1. The van der Waals surface area contributed by atoms with Crippen LogP contribution in [0.15, 0.2) is 48.5 Å². The van der Waals surface area contributed by atoms with Crippen LogP contribution in [0.4, 0.5) is 0 Å². The molecule has 118 valence electrons. The van der Waals surface area contributed by atoms with Crippen molar-refractivity contribution in [1.29, 1.82) is 0 Å². The molecule has 0 saturated heterocycles. The molecule has 0 atom stereocenters. The zero-order valence-corrected chi connectivity index (χ0v) is 13.1. The Morgan fingerprint density at radius 3 is 2.26 bits per heavy atom. The van der Waals surface area contributed by atoms with Crippen molar-refractivity contribution in [2.45, 2.75) is 6.92 Å². The fourth-order valence-electron chi connectivity index (χ4n) is 1.83. The van der Waals surface area contributed by atoms with Crippen LogP contribution < -0.4 is 16.2 Å². The number of hydrogen-bond donors (Lipinski definition) is 4. The molecule has 0 aromatic heterocycles. The molecular weight excluding hydrogens is 314 g/mol. The highest BCUT2D eigenvalue weighted by atomic mass is 32.1. The summed E-state index contributed by atoms with van der Waals surface area (Å²) in [6, 6.07) is 12.8. The van der Waals surface area contributed by atoms with Crippen LogP contribution in [0.2, 0.25) is 0 Å². The number of hydrogen-bond acceptors (Lipinski definition) is 4. The molecule has 0 fully saturated rings. The Morgan fingerprint density at radius 2 is 1.61 bits per heavy atom. The molecule has 0 bridgehead atoms. The maximum atomic E-state index is 12.0. The first-order valence-corrected chi connectivity index (χ1v) is 7.14. The van der Waals surface area contributed by atoms with Crippen LogP contribution >= 0.6 is 12.2 Å². The van der Waals surface area contributed by atoms with Gasteiger partial charge in [0.25, 0.3) is 11.8 Å². The van der Waals surface area contributed by atoms with Crippen LogP contribution in [0.5, 0.6) is 5.75 Å². The van der Waals surface area contributed by atoms with E-state index in [0.29, 0.717) is 11.1 Å². The van der Waals surface area contributed by atoms with Gasteiger partial charge >= 0.3 is 0 Å². The molecule has 0 aliphatic rings. The molecule has 7 heteroatoms. The van der Waals surface area contributed by atoms with Gasteiger partial charge in [-0.3, -0.25) is 25.8 Å². The van der Waals surface area contributed by atoms with Crippen molar-refractivity contribution in [2.75, 3.05) is 0 Å². The first-order valence-electron chi connectivity index (χ1n) is 6.73. The molecule has 0 radical (unpaired) electrons. The molecule has 0 heterocycles. The van der Waals surface area contributed by atoms with E-state index < -0.39 is 5.91 Å². The van der Waals surface area contributed by atoms with Crippen LogP contribution in [-0.4, -0.2) is 22.0 Å². The first-order chi connectivity index (χ1) is 11.0. The molecule has 23 heavy (non-hydrogen) atoms. The largest absolute Gasteiger partial charge is 0.508 e. The number of hydrazine groups is 1. The number of carbonyl (C=O) groups is 2. The lowest BCUT2D eigenvalue weighted by atomic mass is 10.1. The summed E-state index contributed by atoms with van der Waals surface area (Å²) in [5.74, 6) is -0.743. The summed E-state index contributed by atoms with van der Waals surface area (Å²) >= 11 is 4.96. The lowest BCUT2D eigenvalue weighted by molar-refractivity contribution is 0.0934. The smallest absolute Gasteiger partial charge is 0.269 e. The highest BCUT2D eigenvalue weighted by Gasteiger charge is 2.11. The maximum Gasteiger partial charge on any atom is 0.269 e. The number of rotatable bonds is 2. The van der Waals surface area contributed by atoms with Crippen LogP contribution in [0.25, 0.3) is 0 Å². The summed E-state index contributed by atoms with van der Waals surface area (Å²) in [6.45, 7) is 1.82. The molecule has 0 saturated carbocycles. The molecule has 2 aromatic carbocycles. The second-order valence-corrected chi connectivity index (χ2v) is 5.13. The second kappa shape index (κ2) is 7.37. The van der Waals surface area contributed by atoms with Crippen molar-refractivity contribution in [3.63, 3.8) is 0 Å². The van der Waals surface area contributed by atoms with Gasteiger partial charge < -0.3 is 5.11 Å². The lowest BCUT2D eigenvalue weighted by Crippen LogP contribution is -2.48. The molecule has 2 rings (SSSR count). The summed E-state index contributed by atoms with van der Waals surface area (Å²) in [4.78, 5) is 23.9. The molecule has 0 aliphatic heterocycles. The average Bonchev–Trinajstić information content (AvgIpc) is 2.53. The lowest BCUT2D eigenvalue weighted by Gasteiger charge is -2.11. The number of thiocarbonyl (C=S) groups is 1. The Balaban J connectivity index is 1.88. The topological polar surface area (TPSA) is 90.5 Å². The van der Waals surface area contributed by atoms with Crippen LogP contribution in [-0.2, 0) is 0 Å². The molecule has 0 unspecified atom stereocenters. The van der Waals surface area contributed by atoms with Gasteiger partial charge in [-0.05, 0) is 55.0 Å². The maximum absolute atomic E-state index is 12.0. The minimum Gasteiger partial charge on any atom is -0.508 e.